The Balaban J connectivity index is 2.40. The second kappa shape index (κ2) is 4.55. The topological polar surface area (TPSA) is 77.8 Å². The smallest absolute Gasteiger partial charge is 0.326 e. The van der Waals surface area contributed by atoms with E-state index in [1.807, 2.05) is 0 Å². The average Bonchev–Trinajstić information content (AvgIpc) is 2.32. The van der Waals surface area contributed by atoms with E-state index in [-0.39, 0.29) is 25.5 Å². The summed E-state index contributed by atoms with van der Waals surface area (Å²) in [7, 11) is 0. The van der Waals surface area contributed by atoms with Gasteiger partial charge in [-0.1, -0.05) is 18.2 Å². The molecule has 2 N–H and O–H groups in total. The molecule has 0 spiro atoms. The van der Waals surface area contributed by atoms with E-state index in [1.165, 1.54) is 4.90 Å². The number of hydrogen-bond donors (Lipinski definition) is 2. The Hall–Kier alpha value is -1.88. The lowest BCUT2D eigenvalue weighted by Gasteiger charge is -2.33. The van der Waals surface area contributed by atoms with Crippen LogP contribution in [-0.2, 0) is 11.2 Å². The van der Waals surface area contributed by atoms with Gasteiger partial charge in [-0.05, 0) is 11.6 Å². The van der Waals surface area contributed by atoms with Crippen molar-refractivity contribution in [1.82, 2.24) is 4.90 Å². The van der Waals surface area contributed by atoms with Gasteiger partial charge in [-0.3, -0.25) is 4.79 Å². The maximum Gasteiger partial charge on any atom is 0.326 e. The van der Waals surface area contributed by atoms with Gasteiger partial charge >= 0.3 is 5.97 Å². The highest BCUT2D eigenvalue weighted by molar-refractivity contribution is 5.99. The van der Waals surface area contributed by atoms with E-state index in [0.29, 0.717) is 5.56 Å². The van der Waals surface area contributed by atoms with E-state index < -0.39 is 12.0 Å². The molecule has 0 saturated heterocycles. The Morgan fingerprint density at radius 3 is 2.76 bits per heavy atom. The molecule has 1 aromatic rings. The van der Waals surface area contributed by atoms with Crippen LogP contribution in [0.15, 0.2) is 24.3 Å². The number of β-amino-alcohol motifs (C(OH)–C–C–N with tert-alkyl or cyclic N) is 1. The van der Waals surface area contributed by atoms with Crippen LogP contribution < -0.4 is 0 Å². The van der Waals surface area contributed by atoms with E-state index in [0.717, 1.165) is 5.56 Å². The van der Waals surface area contributed by atoms with Crippen molar-refractivity contribution in [2.24, 2.45) is 0 Å². The Morgan fingerprint density at radius 2 is 2.12 bits per heavy atom. The number of carboxylic acids is 1. The summed E-state index contributed by atoms with van der Waals surface area (Å²) in [5.74, 6) is -1.37. The number of aliphatic hydroxyl groups excluding tert-OH is 1. The SMILES string of the molecule is O=C(O)C1Cc2ccccc2C(=O)N1CCO. The van der Waals surface area contributed by atoms with Gasteiger partial charge in [-0.25, -0.2) is 4.79 Å². The summed E-state index contributed by atoms with van der Waals surface area (Å²) in [4.78, 5) is 24.4. The van der Waals surface area contributed by atoms with Gasteiger partial charge in [-0.15, -0.1) is 0 Å². The molecular weight excluding hydrogens is 222 g/mol. The van der Waals surface area contributed by atoms with Gasteiger partial charge in [0.1, 0.15) is 6.04 Å². The molecule has 0 aliphatic carbocycles. The van der Waals surface area contributed by atoms with Crippen molar-refractivity contribution in [1.29, 1.82) is 0 Å². The normalized spacial score (nSPS) is 19.0. The number of benzene rings is 1. The van der Waals surface area contributed by atoms with Crippen molar-refractivity contribution >= 4 is 11.9 Å². The molecule has 0 fully saturated rings. The molecule has 2 rings (SSSR count). The third-order valence-electron chi connectivity index (χ3n) is 2.92. The van der Waals surface area contributed by atoms with Crippen molar-refractivity contribution in [3.8, 4) is 0 Å². The van der Waals surface area contributed by atoms with Crippen LogP contribution in [0.25, 0.3) is 0 Å². The predicted molar refractivity (Wildman–Crippen MR) is 59.7 cm³/mol. The largest absolute Gasteiger partial charge is 0.480 e. The maximum absolute atomic E-state index is 12.1. The van der Waals surface area contributed by atoms with Crippen LogP contribution in [0.4, 0.5) is 0 Å². The van der Waals surface area contributed by atoms with Crippen molar-refractivity contribution < 1.29 is 19.8 Å². The van der Waals surface area contributed by atoms with E-state index >= 15 is 0 Å². The lowest BCUT2D eigenvalue weighted by atomic mass is 9.93. The number of hydrogen-bond acceptors (Lipinski definition) is 3. The van der Waals surface area contributed by atoms with Crippen LogP contribution in [0, 0.1) is 0 Å². The summed E-state index contributed by atoms with van der Waals surface area (Å²) < 4.78 is 0. The van der Waals surface area contributed by atoms with Gasteiger partial charge in [0.05, 0.1) is 6.61 Å². The van der Waals surface area contributed by atoms with Crippen LogP contribution in [0.1, 0.15) is 15.9 Å². The average molecular weight is 235 g/mol. The molecule has 0 radical (unpaired) electrons. The Labute approximate surface area is 98.3 Å². The molecule has 1 unspecified atom stereocenters. The molecule has 90 valence electrons. The molecule has 0 saturated carbocycles. The second-order valence-electron chi connectivity index (χ2n) is 3.94. The maximum atomic E-state index is 12.1. The van der Waals surface area contributed by atoms with E-state index in [1.54, 1.807) is 24.3 Å². The van der Waals surface area contributed by atoms with Crippen LogP contribution in [0.5, 0.6) is 0 Å². The van der Waals surface area contributed by atoms with E-state index in [4.69, 9.17) is 10.2 Å². The van der Waals surface area contributed by atoms with Gasteiger partial charge in [0.2, 0.25) is 0 Å². The minimum atomic E-state index is -1.04. The van der Waals surface area contributed by atoms with Gasteiger partial charge in [0, 0.05) is 18.5 Å². The van der Waals surface area contributed by atoms with E-state index in [2.05, 4.69) is 0 Å². The number of carbonyl (C=O) groups is 2. The Bertz CT molecular complexity index is 458. The third-order valence-corrected chi connectivity index (χ3v) is 2.92. The van der Waals surface area contributed by atoms with Gasteiger partial charge in [-0.2, -0.15) is 0 Å². The summed E-state index contributed by atoms with van der Waals surface area (Å²) in [5.41, 5.74) is 1.28. The first-order valence-corrected chi connectivity index (χ1v) is 5.37. The summed E-state index contributed by atoms with van der Waals surface area (Å²) >= 11 is 0. The number of aliphatic hydroxyl groups is 1. The third kappa shape index (κ3) is 2.01. The quantitative estimate of drug-likeness (QED) is 0.780. The van der Waals surface area contributed by atoms with Crippen molar-refractivity contribution in [2.45, 2.75) is 12.5 Å². The first-order chi connectivity index (χ1) is 8.15. The van der Waals surface area contributed by atoms with Crippen LogP contribution >= 0.6 is 0 Å². The highest BCUT2D eigenvalue weighted by Gasteiger charge is 2.35. The molecule has 5 nitrogen and oxygen atoms in total. The number of rotatable bonds is 3. The van der Waals surface area contributed by atoms with Crippen molar-refractivity contribution in [3.05, 3.63) is 35.4 Å². The molecule has 17 heavy (non-hydrogen) atoms. The summed E-state index contributed by atoms with van der Waals surface area (Å²) in [5, 5.41) is 18.0. The fourth-order valence-electron chi connectivity index (χ4n) is 2.11. The summed E-state index contributed by atoms with van der Waals surface area (Å²) in [6.07, 6.45) is 0.289. The number of amides is 1. The standard InChI is InChI=1S/C12H13NO4/c14-6-5-13-10(12(16)17)7-8-3-1-2-4-9(8)11(13)15/h1-4,10,14H,5-7H2,(H,16,17). The first kappa shape index (κ1) is 11.6. The Kier molecular flexibility index (Phi) is 3.10. The number of carbonyl (C=O) groups excluding carboxylic acids is 1. The minimum Gasteiger partial charge on any atom is -0.480 e. The Morgan fingerprint density at radius 1 is 1.41 bits per heavy atom. The van der Waals surface area contributed by atoms with E-state index in [9.17, 15) is 9.59 Å². The zero-order chi connectivity index (χ0) is 12.4. The first-order valence-electron chi connectivity index (χ1n) is 5.37. The lowest BCUT2D eigenvalue weighted by Crippen LogP contribution is -2.50. The van der Waals surface area contributed by atoms with Crippen molar-refractivity contribution in [3.63, 3.8) is 0 Å². The zero-order valence-electron chi connectivity index (χ0n) is 9.17. The van der Waals surface area contributed by atoms with Crippen molar-refractivity contribution in [2.75, 3.05) is 13.2 Å². The van der Waals surface area contributed by atoms with Gasteiger partial charge in [0.15, 0.2) is 0 Å². The summed E-state index contributed by atoms with van der Waals surface area (Å²) in [6, 6.07) is 6.09. The fourth-order valence-corrected chi connectivity index (χ4v) is 2.11. The molecule has 0 bridgehead atoms. The molecule has 1 atom stereocenters. The molecule has 5 heteroatoms. The van der Waals surface area contributed by atoms with Gasteiger partial charge in [0.25, 0.3) is 5.91 Å². The molecule has 0 aromatic heterocycles. The minimum absolute atomic E-state index is 0.0458. The van der Waals surface area contributed by atoms with Crippen LogP contribution in [-0.4, -0.2) is 46.2 Å². The molecule has 1 heterocycles. The molecular formula is C12H13NO4. The highest BCUT2D eigenvalue weighted by Crippen LogP contribution is 2.23. The number of aliphatic carboxylic acids is 1. The molecule has 1 aromatic carbocycles. The highest BCUT2D eigenvalue weighted by atomic mass is 16.4. The predicted octanol–water partition coefficient (Wildman–Crippen LogP) is 0.130. The van der Waals surface area contributed by atoms with Gasteiger partial charge < -0.3 is 15.1 Å². The molecule has 1 aliphatic heterocycles. The lowest BCUT2D eigenvalue weighted by molar-refractivity contribution is -0.142. The monoisotopic (exact) mass is 235 g/mol. The fraction of sp³-hybridized carbons (Fsp3) is 0.333. The number of carboxylic acid groups (broad SMARTS) is 1. The van der Waals surface area contributed by atoms with Crippen LogP contribution in [0.2, 0.25) is 0 Å². The number of fused-ring (bicyclic) bond motifs is 1. The molecule has 1 aliphatic rings. The molecule has 1 amide bonds. The zero-order valence-corrected chi connectivity index (χ0v) is 9.17. The summed E-state index contributed by atoms with van der Waals surface area (Å²) in [6.45, 7) is -0.193. The second-order valence-corrected chi connectivity index (χ2v) is 3.94. The number of nitrogens with zero attached hydrogens (tertiary/aromatic N) is 1. The van der Waals surface area contributed by atoms with Crippen LogP contribution in [0.3, 0.4) is 0 Å².